The molecule has 2 unspecified atom stereocenters. The molecule has 3 amide bonds. The van der Waals surface area contributed by atoms with Crippen molar-refractivity contribution in [2.75, 3.05) is 26.2 Å². The number of amides is 3. The molecule has 1 aliphatic heterocycles. The second kappa shape index (κ2) is 12.2. The summed E-state index contributed by atoms with van der Waals surface area (Å²) >= 11 is 0. The number of terminal acetylenes is 1. The standard InChI is InChI=1S/C27H31N7O4/c1-3-15-38-27(37)33-13-14-34(26(36)21(28)11-9-19-7-5-4-6-8-19)24(18-33)25(35)29-17-20-10-12-23-22(16-20)30-31-32(23)2/h1,4-8,10,12,16,21,24H,9,11,13-15,17-18,28H2,2H3,(H,29,35). The van der Waals surface area contributed by atoms with Crippen molar-refractivity contribution in [2.45, 2.75) is 31.5 Å². The van der Waals surface area contributed by atoms with Crippen LogP contribution in [0.5, 0.6) is 0 Å². The molecular weight excluding hydrogens is 486 g/mol. The van der Waals surface area contributed by atoms with E-state index in [1.165, 1.54) is 9.80 Å². The minimum absolute atomic E-state index is 0.0322. The van der Waals surface area contributed by atoms with Crippen molar-refractivity contribution in [3.8, 4) is 12.3 Å². The third kappa shape index (κ3) is 6.27. The molecule has 0 saturated carbocycles. The molecule has 1 fully saturated rings. The van der Waals surface area contributed by atoms with Gasteiger partial charge in [0.25, 0.3) is 0 Å². The van der Waals surface area contributed by atoms with E-state index in [9.17, 15) is 14.4 Å². The predicted octanol–water partition coefficient (Wildman–Crippen LogP) is 0.827. The molecule has 0 bridgehead atoms. The number of benzene rings is 2. The van der Waals surface area contributed by atoms with Crippen LogP contribution in [0.2, 0.25) is 0 Å². The van der Waals surface area contributed by atoms with Gasteiger partial charge in [0.05, 0.1) is 18.1 Å². The zero-order chi connectivity index (χ0) is 27.1. The number of fused-ring (bicyclic) bond motifs is 1. The molecule has 198 valence electrons. The van der Waals surface area contributed by atoms with E-state index < -0.39 is 24.1 Å². The Morgan fingerprint density at radius 2 is 1.97 bits per heavy atom. The Morgan fingerprint density at radius 3 is 2.74 bits per heavy atom. The summed E-state index contributed by atoms with van der Waals surface area (Å²) in [5, 5.41) is 11.0. The smallest absolute Gasteiger partial charge is 0.410 e. The van der Waals surface area contributed by atoms with Crippen molar-refractivity contribution in [3.63, 3.8) is 0 Å². The lowest BCUT2D eigenvalue weighted by Crippen LogP contribution is -2.63. The molecule has 0 radical (unpaired) electrons. The van der Waals surface area contributed by atoms with Gasteiger partial charge < -0.3 is 25.6 Å². The number of nitrogens with zero attached hydrogens (tertiary/aromatic N) is 5. The summed E-state index contributed by atoms with van der Waals surface area (Å²) < 4.78 is 6.70. The molecule has 3 N–H and O–H groups in total. The summed E-state index contributed by atoms with van der Waals surface area (Å²) in [6.45, 7) is 0.353. The topological polar surface area (TPSA) is 136 Å². The average molecular weight is 518 g/mol. The SMILES string of the molecule is C#CCOC(=O)N1CCN(C(=O)C(N)CCc2ccccc2)C(C(=O)NCc2ccc3c(c2)nnn3C)C1. The summed E-state index contributed by atoms with van der Waals surface area (Å²) in [5.74, 6) is 1.52. The monoisotopic (exact) mass is 517 g/mol. The van der Waals surface area contributed by atoms with Crippen LogP contribution in [0.15, 0.2) is 48.5 Å². The van der Waals surface area contributed by atoms with Crippen LogP contribution in [-0.4, -0.2) is 81.0 Å². The van der Waals surface area contributed by atoms with Crippen LogP contribution in [0.25, 0.3) is 11.0 Å². The zero-order valence-corrected chi connectivity index (χ0v) is 21.2. The Kier molecular flexibility index (Phi) is 8.55. The lowest BCUT2D eigenvalue weighted by atomic mass is 10.0. The molecule has 0 aliphatic carbocycles. The van der Waals surface area contributed by atoms with Gasteiger partial charge in [0, 0.05) is 26.7 Å². The maximum absolute atomic E-state index is 13.3. The first-order chi connectivity index (χ1) is 18.4. The molecule has 1 saturated heterocycles. The highest BCUT2D eigenvalue weighted by atomic mass is 16.6. The summed E-state index contributed by atoms with van der Waals surface area (Å²) in [7, 11) is 1.80. The van der Waals surface area contributed by atoms with Crippen molar-refractivity contribution in [2.24, 2.45) is 12.8 Å². The number of nitrogens with two attached hydrogens (primary N) is 1. The summed E-state index contributed by atoms with van der Waals surface area (Å²) in [4.78, 5) is 42.0. The summed E-state index contributed by atoms with van der Waals surface area (Å²) in [5.41, 5.74) is 9.75. The van der Waals surface area contributed by atoms with E-state index in [0.29, 0.717) is 18.4 Å². The number of hydrogen-bond acceptors (Lipinski definition) is 7. The Balaban J connectivity index is 1.45. The van der Waals surface area contributed by atoms with Crippen molar-refractivity contribution < 1.29 is 19.1 Å². The Bertz CT molecular complexity index is 1330. The van der Waals surface area contributed by atoms with Gasteiger partial charge in [0.2, 0.25) is 11.8 Å². The fourth-order valence-electron chi connectivity index (χ4n) is 4.44. The average Bonchev–Trinajstić information content (AvgIpc) is 3.32. The first-order valence-electron chi connectivity index (χ1n) is 12.4. The van der Waals surface area contributed by atoms with Crippen molar-refractivity contribution in [1.29, 1.82) is 0 Å². The molecule has 2 aromatic carbocycles. The number of hydrogen-bond donors (Lipinski definition) is 2. The van der Waals surface area contributed by atoms with Gasteiger partial charge >= 0.3 is 6.09 Å². The van der Waals surface area contributed by atoms with Crippen molar-refractivity contribution in [1.82, 2.24) is 30.1 Å². The number of ether oxygens (including phenoxy) is 1. The lowest BCUT2D eigenvalue weighted by molar-refractivity contribution is -0.144. The highest BCUT2D eigenvalue weighted by molar-refractivity contribution is 5.90. The normalized spacial score (nSPS) is 16.1. The van der Waals surface area contributed by atoms with Crippen LogP contribution in [-0.2, 0) is 34.3 Å². The van der Waals surface area contributed by atoms with Gasteiger partial charge in [-0.25, -0.2) is 9.48 Å². The summed E-state index contributed by atoms with van der Waals surface area (Å²) in [6, 6.07) is 13.6. The number of aryl methyl sites for hydroxylation is 2. The van der Waals surface area contributed by atoms with Gasteiger partial charge in [0.1, 0.15) is 11.6 Å². The van der Waals surface area contributed by atoms with E-state index >= 15 is 0 Å². The molecule has 2 atom stereocenters. The fourth-order valence-corrected chi connectivity index (χ4v) is 4.44. The molecule has 0 spiro atoms. The zero-order valence-electron chi connectivity index (χ0n) is 21.2. The van der Waals surface area contributed by atoms with Crippen LogP contribution in [0.4, 0.5) is 4.79 Å². The van der Waals surface area contributed by atoms with Gasteiger partial charge in [-0.3, -0.25) is 9.59 Å². The van der Waals surface area contributed by atoms with Crippen molar-refractivity contribution in [3.05, 3.63) is 59.7 Å². The minimum Gasteiger partial charge on any atom is -0.436 e. The number of nitrogens with one attached hydrogen (secondary N) is 1. The molecule has 1 aromatic heterocycles. The predicted molar refractivity (Wildman–Crippen MR) is 140 cm³/mol. The van der Waals surface area contributed by atoms with Gasteiger partial charge in [0.15, 0.2) is 6.61 Å². The first kappa shape index (κ1) is 26.6. The molecular formula is C27H31N7O4. The maximum atomic E-state index is 13.3. The van der Waals surface area contributed by atoms with Gasteiger partial charge in [-0.15, -0.1) is 11.5 Å². The Hall–Kier alpha value is -4.43. The largest absolute Gasteiger partial charge is 0.436 e. The van der Waals surface area contributed by atoms with E-state index in [-0.39, 0.29) is 38.7 Å². The third-order valence-corrected chi connectivity index (χ3v) is 6.55. The molecule has 3 aromatic rings. The number of carbonyl (C=O) groups excluding carboxylic acids is 3. The van der Waals surface area contributed by atoms with Crippen LogP contribution in [0.3, 0.4) is 0 Å². The number of rotatable bonds is 8. The quantitative estimate of drug-likeness (QED) is 0.423. The molecule has 11 nitrogen and oxygen atoms in total. The van der Waals surface area contributed by atoms with E-state index in [0.717, 1.165) is 16.6 Å². The molecule has 11 heteroatoms. The fraction of sp³-hybridized carbons (Fsp3) is 0.370. The Morgan fingerprint density at radius 1 is 1.18 bits per heavy atom. The minimum atomic E-state index is -0.933. The van der Waals surface area contributed by atoms with Crippen LogP contribution in [0, 0.1) is 12.3 Å². The third-order valence-electron chi connectivity index (χ3n) is 6.55. The molecule has 4 rings (SSSR count). The second-order valence-electron chi connectivity index (χ2n) is 9.14. The highest BCUT2D eigenvalue weighted by Crippen LogP contribution is 2.16. The molecule has 2 heterocycles. The van der Waals surface area contributed by atoms with Crippen LogP contribution in [0.1, 0.15) is 17.5 Å². The van der Waals surface area contributed by atoms with E-state index in [2.05, 4.69) is 21.5 Å². The molecule has 1 aliphatic rings. The second-order valence-corrected chi connectivity index (χ2v) is 9.14. The number of aromatic nitrogens is 3. The molecule has 38 heavy (non-hydrogen) atoms. The van der Waals surface area contributed by atoms with Gasteiger partial charge in [-0.2, -0.15) is 0 Å². The van der Waals surface area contributed by atoms with E-state index in [1.54, 1.807) is 11.7 Å². The number of carbonyl (C=O) groups is 3. The van der Waals surface area contributed by atoms with Crippen molar-refractivity contribution >= 4 is 28.9 Å². The lowest BCUT2D eigenvalue weighted by Gasteiger charge is -2.40. The van der Waals surface area contributed by atoms with E-state index in [1.807, 2.05) is 48.5 Å². The van der Waals surface area contributed by atoms with Crippen LogP contribution >= 0.6 is 0 Å². The van der Waals surface area contributed by atoms with E-state index in [4.69, 9.17) is 16.9 Å². The maximum Gasteiger partial charge on any atom is 0.410 e. The first-order valence-corrected chi connectivity index (χ1v) is 12.4. The van der Waals surface area contributed by atoms with Crippen LogP contribution < -0.4 is 11.1 Å². The summed E-state index contributed by atoms with van der Waals surface area (Å²) in [6.07, 6.45) is 5.62. The number of piperazine rings is 1. The highest BCUT2D eigenvalue weighted by Gasteiger charge is 2.38. The van der Waals surface area contributed by atoms with Gasteiger partial charge in [-0.1, -0.05) is 47.5 Å². The van der Waals surface area contributed by atoms with Gasteiger partial charge in [-0.05, 0) is 36.1 Å². The Labute approximate surface area is 220 Å².